The molecule has 115 heavy (non-hydrogen) atoms. The quantitative estimate of drug-likeness (QED) is 0.00469. The summed E-state index contributed by atoms with van der Waals surface area (Å²) >= 11 is 4.64. The summed E-state index contributed by atoms with van der Waals surface area (Å²) in [6.07, 6.45) is 3.21. The average molecular weight is 1670 g/mol. The molecule has 0 saturated carbocycles. The van der Waals surface area contributed by atoms with Crippen LogP contribution >= 0.6 is 24.0 Å². The molecule has 0 radical (unpaired) electrons. The Bertz CT molecular complexity index is 4350. The van der Waals surface area contributed by atoms with E-state index >= 15 is 0 Å². The van der Waals surface area contributed by atoms with E-state index in [1.165, 1.54) is 108 Å². The first kappa shape index (κ1) is 110. The molecule has 0 aromatic heterocycles. The summed E-state index contributed by atoms with van der Waals surface area (Å²) in [7, 11) is 3.81. The van der Waals surface area contributed by atoms with Crippen LogP contribution in [0.25, 0.3) is 0 Å². The molecule has 26 nitrogen and oxygen atoms in total. The van der Waals surface area contributed by atoms with Gasteiger partial charge in [0, 0.05) is 77.9 Å². The summed E-state index contributed by atoms with van der Waals surface area (Å²) in [5.41, 5.74) is 11.7. The molecular formula is C84H102Cl3N3Na2O23. The standard InChI is InChI=1S/C19H21NO4.C18H19NO4.C17H19NO3.C17H18O3.C10H18O5.C2H3ClO.CH2O3.2ClH.2Na.H/c1-13-4-6-15(7-5-13)10-11-20(3)16-8-9-18(24-14(2)21)17(12-16)19(22)23;1-12-3-5-14(6-4-12)9-10-19-15-7-8-17(23-13(2)20)16(11-15)18(21)22;1-12-3-5-13(6-4-12)9-10-18(2)14-7-8-16(19)15(11-14)17(20)21;1-12-5-7-13(8-6-12)3-2-4-14-9-10-16(18)15(11-14)17(19)20;1-9(2,3)14-7(11)13-8(12)15-10(4,5)6;1-2(3)4;2-1-4-3;;;;;/h4-9,12H,10-11H2,1-3H3,(H,22,23);3-8,11,19H,9-10H2,1-2H3,(H,21,22);3-8,11,19H,9-10H2,1-2H3,(H,20,21);5-11,18H,2-4H2,1H3,(H,19,20);1-6H3;1H3;1,3H;2*1H;;;/q;;;;;;;;;2*+1;-1/p-1. The van der Waals surface area contributed by atoms with E-state index in [9.17, 15) is 63.6 Å². The van der Waals surface area contributed by atoms with Crippen molar-refractivity contribution in [2.24, 2.45) is 0 Å². The molecule has 0 bridgehead atoms. The van der Waals surface area contributed by atoms with Gasteiger partial charge < -0.3 is 93.4 Å². The molecule has 614 valence electrons. The second-order valence-corrected chi connectivity index (χ2v) is 27.5. The fourth-order valence-electron chi connectivity index (χ4n) is 9.48. The maximum Gasteiger partial charge on any atom is 1.00 e. The van der Waals surface area contributed by atoms with Crippen molar-refractivity contribution in [1.82, 2.24) is 0 Å². The number of aryl methyl sites for hydroxylation is 6. The number of rotatable bonds is 23. The minimum Gasteiger partial charge on any atom is -1.00 e. The summed E-state index contributed by atoms with van der Waals surface area (Å²) < 4.78 is 23.7. The Labute approximate surface area is 734 Å². The normalized spacial score (nSPS) is 9.89. The van der Waals surface area contributed by atoms with E-state index < -0.39 is 59.3 Å². The fraction of sp³-hybridized carbons (Fsp3) is 0.310. The topological polar surface area (TPSA) is 394 Å². The molecule has 0 fully saturated rings. The molecule has 0 spiro atoms. The zero-order chi connectivity index (χ0) is 83.7. The number of esters is 2. The van der Waals surface area contributed by atoms with Gasteiger partial charge in [0.2, 0.25) is 5.24 Å². The van der Waals surface area contributed by atoms with Crippen LogP contribution in [0.15, 0.2) is 170 Å². The van der Waals surface area contributed by atoms with Gasteiger partial charge in [-0.15, -0.1) is 12.4 Å². The minimum atomic E-state index is -1.12. The SMILES string of the molecule is CC(=O)Cl.CC(=O)Oc1ccc(N(C)CCc2ccc(C)cc2)cc1C(=O)O.CC(=O)Oc1ccc([NH2+]CCc2ccc(C)cc2)cc1C(=O)O.CC(C)(C)OC(=O)OC(=O)OC(C)(C)C.Cc1ccc(CCCc2ccc(O)c(C(=O)O)c2)cc1.Cc1ccc(CCN(C)c2ccc(O)c(C(=O)O)c2)cc1.Cl.O=CO[O-].[Cl-].[H-].[Na+].[Na+]. The maximum atomic E-state index is 11.4. The van der Waals surface area contributed by atoms with Crippen molar-refractivity contribution >= 4 is 101 Å². The number of aromatic carboxylic acids is 4. The predicted octanol–water partition coefficient (Wildman–Crippen LogP) is 5.63. The van der Waals surface area contributed by atoms with Gasteiger partial charge in [-0.1, -0.05) is 125 Å². The van der Waals surface area contributed by atoms with Crippen LogP contribution in [-0.2, 0) is 70.4 Å². The number of phenols is 2. The van der Waals surface area contributed by atoms with Gasteiger partial charge in [-0.25, -0.2) is 28.8 Å². The van der Waals surface area contributed by atoms with E-state index in [4.69, 9.17) is 39.2 Å². The number of aromatic hydroxyl groups is 2. The maximum absolute atomic E-state index is 11.4. The first-order valence-corrected chi connectivity index (χ1v) is 35.1. The van der Waals surface area contributed by atoms with Crippen LogP contribution < -0.4 is 101 Å². The summed E-state index contributed by atoms with van der Waals surface area (Å²) in [5.74, 6) is -5.80. The zero-order valence-electron chi connectivity index (χ0n) is 68.9. The number of hydrogen-bond acceptors (Lipinski definition) is 21. The molecular weight excluding hydrogens is 1570 g/mol. The molecule has 0 saturated heterocycles. The smallest absolute Gasteiger partial charge is 1.00 e. The van der Waals surface area contributed by atoms with Crippen LogP contribution in [0.2, 0.25) is 0 Å². The molecule has 0 atom stereocenters. The van der Waals surface area contributed by atoms with E-state index in [1.807, 2.05) is 43.1 Å². The molecule has 0 aliphatic carbocycles. The van der Waals surface area contributed by atoms with Gasteiger partial charge in [0.25, 0.3) is 6.47 Å². The second kappa shape index (κ2) is 56.7. The number of carboxylic acid groups (broad SMARTS) is 4. The second-order valence-electron chi connectivity index (χ2n) is 27.0. The number of quaternary nitrogens is 1. The average Bonchev–Trinajstić information content (AvgIpc) is 0.850. The Morgan fingerprint density at radius 2 is 0.757 bits per heavy atom. The minimum absolute atomic E-state index is 0. The van der Waals surface area contributed by atoms with Crippen molar-refractivity contribution in [3.05, 3.63) is 242 Å². The van der Waals surface area contributed by atoms with Crippen LogP contribution in [0, 0.1) is 27.7 Å². The molecule has 8 rings (SSSR count). The number of carbonyl (C=O) groups excluding carboxylic acids is 6. The molecule has 0 amide bonds. The molecule has 0 aliphatic rings. The van der Waals surface area contributed by atoms with Gasteiger partial charge in [-0.05, 0) is 195 Å². The number of nitrogens with zero attached hydrogens (tertiary/aromatic N) is 2. The van der Waals surface area contributed by atoms with E-state index in [0.717, 1.165) is 80.8 Å². The molecule has 8 N–H and O–H groups in total. The first-order valence-electron chi connectivity index (χ1n) is 34.7. The van der Waals surface area contributed by atoms with Crippen LogP contribution in [0.4, 0.5) is 26.7 Å². The molecule has 8 aromatic rings. The molecule has 0 aliphatic heterocycles. The van der Waals surface area contributed by atoms with Crippen LogP contribution in [-0.4, -0.2) is 135 Å². The number of ether oxygens (including phenoxy) is 5. The molecule has 0 unspecified atom stereocenters. The van der Waals surface area contributed by atoms with Gasteiger partial charge in [0.15, 0.2) is 0 Å². The Balaban J connectivity index is -0.000000656. The summed E-state index contributed by atoms with van der Waals surface area (Å²) in [5, 5.41) is 65.5. The van der Waals surface area contributed by atoms with Gasteiger partial charge >= 0.3 is 107 Å². The monoisotopic (exact) mass is 1670 g/mol. The van der Waals surface area contributed by atoms with Gasteiger partial charge in [-0.2, -0.15) is 0 Å². The van der Waals surface area contributed by atoms with Crippen molar-refractivity contribution in [3.8, 4) is 23.0 Å². The van der Waals surface area contributed by atoms with E-state index in [1.54, 1.807) is 71.9 Å². The van der Waals surface area contributed by atoms with Crippen LogP contribution in [0.1, 0.15) is 162 Å². The third kappa shape index (κ3) is 47.8. The summed E-state index contributed by atoms with van der Waals surface area (Å²) in [6.45, 7) is 24.2. The van der Waals surface area contributed by atoms with Gasteiger partial charge in [0.1, 0.15) is 62.1 Å². The Morgan fingerprint density at radius 1 is 0.461 bits per heavy atom. The van der Waals surface area contributed by atoms with Crippen molar-refractivity contribution in [2.45, 2.75) is 140 Å². The number of anilines is 2. The van der Waals surface area contributed by atoms with Crippen LogP contribution in [0.3, 0.4) is 0 Å². The predicted molar refractivity (Wildman–Crippen MR) is 426 cm³/mol. The molecule has 8 aromatic carbocycles. The summed E-state index contributed by atoms with van der Waals surface area (Å²) in [6, 6.07) is 52.4. The van der Waals surface area contributed by atoms with Crippen molar-refractivity contribution in [1.29, 1.82) is 0 Å². The Morgan fingerprint density at radius 3 is 1.10 bits per heavy atom. The molecule has 31 heteroatoms. The number of carbonyl (C=O) groups is 10. The van der Waals surface area contributed by atoms with Gasteiger partial charge in [-0.3, -0.25) is 19.2 Å². The molecule has 0 heterocycles. The number of nitrogens with two attached hydrogens (primary N) is 1. The summed E-state index contributed by atoms with van der Waals surface area (Å²) in [4.78, 5) is 113. The van der Waals surface area contributed by atoms with Crippen LogP contribution in [0.5, 0.6) is 23.0 Å². The first-order chi connectivity index (χ1) is 52.0. The number of hydrogen-bond donors (Lipinski definition) is 7. The van der Waals surface area contributed by atoms with E-state index in [2.05, 4.69) is 132 Å². The van der Waals surface area contributed by atoms with E-state index in [-0.39, 0.29) is 142 Å². The van der Waals surface area contributed by atoms with Crippen molar-refractivity contribution in [2.75, 3.05) is 43.5 Å². The van der Waals surface area contributed by atoms with Crippen molar-refractivity contribution in [3.63, 3.8) is 0 Å². The van der Waals surface area contributed by atoms with Crippen molar-refractivity contribution < 1.29 is 191 Å². The number of likely N-dealkylation sites (N-methyl/N-ethyl adjacent to an activating group) is 2. The third-order valence-corrected chi connectivity index (χ3v) is 15.0. The number of carboxylic acids is 4. The largest absolute Gasteiger partial charge is 1.00 e. The fourth-order valence-corrected chi connectivity index (χ4v) is 9.48. The Kier molecular flexibility index (Phi) is 54.0. The Hall–Kier alpha value is -9.55. The number of halogens is 3. The number of benzene rings is 8. The third-order valence-electron chi connectivity index (χ3n) is 15.0. The zero-order valence-corrected chi connectivity index (χ0v) is 74.2. The van der Waals surface area contributed by atoms with Gasteiger partial charge in [0.05, 0.1) is 6.54 Å². The van der Waals surface area contributed by atoms with E-state index in [0.29, 0.717) is 0 Å².